The lowest BCUT2D eigenvalue weighted by atomic mass is 10.1. The highest BCUT2D eigenvalue weighted by molar-refractivity contribution is 6.00. The molecule has 0 radical (unpaired) electrons. The van der Waals surface area contributed by atoms with Gasteiger partial charge in [0.2, 0.25) is 17.7 Å². The zero-order valence-electron chi connectivity index (χ0n) is 16.6. The fourth-order valence-electron chi connectivity index (χ4n) is 3.08. The van der Waals surface area contributed by atoms with Gasteiger partial charge in [-0.2, -0.15) is 0 Å². The van der Waals surface area contributed by atoms with Gasteiger partial charge >= 0.3 is 0 Å². The maximum absolute atomic E-state index is 12.3. The maximum Gasteiger partial charge on any atom is 0.227 e. The van der Waals surface area contributed by atoms with E-state index in [1.807, 2.05) is 26.0 Å². The average molecular weight is 373 g/mol. The summed E-state index contributed by atoms with van der Waals surface area (Å²) >= 11 is 0. The van der Waals surface area contributed by atoms with Crippen LogP contribution in [-0.2, 0) is 20.8 Å². The van der Waals surface area contributed by atoms with Crippen LogP contribution in [0.5, 0.6) is 0 Å². The lowest BCUT2D eigenvalue weighted by molar-refractivity contribution is -0.126. The van der Waals surface area contributed by atoms with Gasteiger partial charge in [0, 0.05) is 37.7 Å². The van der Waals surface area contributed by atoms with Crippen molar-refractivity contribution in [2.24, 2.45) is 11.8 Å². The van der Waals surface area contributed by atoms with Crippen LogP contribution in [0.1, 0.15) is 45.6 Å². The van der Waals surface area contributed by atoms with Crippen molar-refractivity contribution in [2.45, 2.75) is 46.5 Å². The summed E-state index contributed by atoms with van der Waals surface area (Å²) in [5.41, 5.74) is 2.12. The number of nitrogens with one attached hydrogen (secondary N) is 2. The summed E-state index contributed by atoms with van der Waals surface area (Å²) in [6.07, 6.45) is 3.58. The second-order valence-electron chi connectivity index (χ2n) is 7.41. The number of hydrogen-bond acceptors (Lipinski definition) is 3. The average Bonchev–Trinajstić information content (AvgIpc) is 3.05. The van der Waals surface area contributed by atoms with Crippen LogP contribution in [0.3, 0.4) is 0 Å². The van der Waals surface area contributed by atoms with Crippen LogP contribution in [0.15, 0.2) is 24.3 Å². The van der Waals surface area contributed by atoms with Crippen molar-refractivity contribution in [2.75, 3.05) is 24.5 Å². The van der Waals surface area contributed by atoms with Gasteiger partial charge in [-0.25, -0.2) is 0 Å². The van der Waals surface area contributed by atoms with Gasteiger partial charge in [0.15, 0.2) is 0 Å². The van der Waals surface area contributed by atoms with Crippen molar-refractivity contribution in [3.05, 3.63) is 29.8 Å². The number of hydrogen-bond donors (Lipinski definition) is 2. The van der Waals surface area contributed by atoms with Gasteiger partial charge in [-0.1, -0.05) is 39.3 Å². The van der Waals surface area contributed by atoms with Gasteiger partial charge in [0.25, 0.3) is 0 Å². The first-order valence-electron chi connectivity index (χ1n) is 9.87. The lowest BCUT2D eigenvalue weighted by Gasteiger charge is -2.17. The van der Waals surface area contributed by atoms with Gasteiger partial charge in [0.05, 0.1) is 5.92 Å². The molecule has 1 aromatic rings. The molecule has 1 unspecified atom stereocenters. The summed E-state index contributed by atoms with van der Waals surface area (Å²) in [4.78, 5) is 37.8. The normalized spacial score (nSPS) is 16.7. The van der Waals surface area contributed by atoms with Gasteiger partial charge < -0.3 is 15.5 Å². The molecular weight excluding hydrogens is 342 g/mol. The molecule has 0 bridgehead atoms. The largest absolute Gasteiger partial charge is 0.354 e. The molecule has 1 aliphatic rings. The Morgan fingerprint density at radius 1 is 1.15 bits per heavy atom. The van der Waals surface area contributed by atoms with E-state index in [0.717, 1.165) is 24.9 Å². The molecule has 1 aromatic carbocycles. The third-order valence-corrected chi connectivity index (χ3v) is 4.81. The molecule has 2 N–H and O–H groups in total. The predicted octanol–water partition coefficient (Wildman–Crippen LogP) is 2.27. The van der Waals surface area contributed by atoms with E-state index in [-0.39, 0.29) is 36.0 Å². The molecule has 1 aliphatic heterocycles. The van der Waals surface area contributed by atoms with Crippen molar-refractivity contribution in [1.82, 2.24) is 10.6 Å². The van der Waals surface area contributed by atoms with E-state index in [2.05, 4.69) is 29.7 Å². The third kappa shape index (κ3) is 6.08. The van der Waals surface area contributed by atoms with Gasteiger partial charge in [-0.3, -0.25) is 14.4 Å². The summed E-state index contributed by atoms with van der Waals surface area (Å²) in [5.74, 6) is -0.615. The minimum atomic E-state index is -0.349. The van der Waals surface area contributed by atoms with Crippen LogP contribution in [0, 0.1) is 11.8 Å². The fourth-order valence-corrected chi connectivity index (χ4v) is 3.08. The van der Waals surface area contributed by atoms with Crippen molar-refractivity contribution in [3.63, 3.8) is 0 Å². The number of anilines is 1. The number of rotatable bonds is 9. The van der Waals surface area contributed by atoms with Gasteiger partial charge in [0.1, 0.15) is 0 Å². The summed E-state index contributed by atoms with van der Waals surface area (Å²) in [7, 11) is 0. The SMILES string of the molecule is CCCCc1ccc(N2CC(C(=O)NCCNC(=O)C(C)C)CC2=O)cc1. The second-order valence-corrected chi connectivity index (χ2v) is 7.41. The predicted molar refractivity (Wildman–Crippen MR) is 106 cm³/mol. The van der Waals surface area contributed by atoms with Crippen molar-refractivity contribution in [3.8, 4) is 0 Å². The standard InChI is InChI=1S/C21H31N3O3/c1-4-5-6-16-7-9-18(10-8-16)24-14-17(13-19(24)25)21(27)23-12-11-22-20(26)15(2)3/h7-10,15,17H,4-6,11-14H2,1-3H3,(H,22,26)(H,23,27). The van der Waals surface area contributed by atoms with E-state index >= 15 is 0 Å². The Morgan fingerprint density at radius 2 is 1.81 bits per heavy atom. The first-order valence-corrected chi connectivity index (χ1v) is 9.87. The molecule has 2 rings (SSSR count). The lowest BCUT2D eigenvalue weighted by Crippen LogP contribution is -2.39. The monoisotopic (exact) mass is 373 g/mol. The molecule has 1 atom stereocenters. The van der Waals surface area contributed by atoms with E-state index in [9.17, 15) is 14.4 Å². The molecule has 0 spiro atoms. The molecule has 0 aromatic heterocycles. The molecule has 1 saturated heterocycles. The summed E-state index contributed by atoms with van der Waals surface area (Å²) < 4.78 is 0. The number of aryl methyl sites for hydroxylation is 1. The third-order valence-electron chi connectivity index (χ3n) is 4.81. The molecule has 6 heteroatoms. The Bertz CT molecular complexity index is 655. The highest BCUT2D eigenvalue weighted by Crippen LogP contribution is 2.25. The first-order chi connectivity index (χ1) is 12.9. The summed E-state index contributed by atoms with van der Waals surface area (Å²) in [5, 5.41) is 5.57. The molecular formula is C21H31N3O3. The molecule has 0 saturated carbocycles. The van der Waals surface area contributed by atoms with Crippen molar-refractivity contribution in [1.29, 1.82) is 0 Å². The molecule has 1 heterocycles. The Labute approximate surface area is 161 Å². The molecule has 0 aliphatic carbocycles. The van der Waals surface area contributed by atoms with E-state index < -0.39 is 0 Å². The smallest absolute Gasteiger partial charge is 0.227 e. The number of amides is 3. The Balaban J connectivity index is 1.81. The number of carbonyl (C=O) groups excluding carboxylic acids is 3. The van der Waals surface area contributed by atoms with Crippen LogP contribution >= 0.6 is 0 Å². The van der Waals surface area contributed by atoms with E-state index in [0.29, 0.717) is 19.6 Å². The molecule has 1 fully saturated rings. The highest BCUT2D eigenvalue weighted by Gasteiger charge is 2.34. The zero-order valence-corrected chi connectivity index (χ0v) is 16.6. The van der Waals surface area contributed by atoms with E-state index in [4.69, 9.17) is 0 Å². The number of unbranched alkanes of at least 4 members (excludes halogenated alkanes) is 1. The topological polar surface area (TPSA) is 78.5 Å². The minimum Gasteiger partial charge on any atom is -0.354 e. The molecule has 6 nitrogen and oxygen atoms in total. The summed E-state index contributed by atoms with van der Waals surface area (Å²) in [6, 6.07) is 8.04. The number of benzene rings is 1. The maximum atomic E-state index is 12.3. The van der Waals surface area contributed by atoms with E-state index in [1.165, 1.54) is 5.56 Å². The molecule has 27 heavy (non-hydrogen) atoms. The first kappa shape index (κ1) is 20.9. The minimum absolute atomic E-state index is 0.0235. The zero-order chi connectivity index (χ0) is 19.8. The fraction of sp³-hybridized carbons (Fsp3) is 0.571. The number of nitrogens with zero attached hydrogens (tertiary/aromatic N) is 1. The Hall–Kier alpha value is -2.37. The quantitative estimate of drug-likeness (QED) is 0.652. The van der Waals surface area contributed by atoms with Crippen LogP contribution < -0.4 is 15.5 Å². The van der Waals surface area contributed by atoms with Crippen LogP contribution in [-0.4, -0.2) is 37.4 Å². The van der Waals surface area contributed by atoms with Crippen LogP contribution in [0.4, 0.5) is 5.69 Å². The van der Waals surface area contributed by atoms with Crippen LogP contribution in [0.2, 0.25) is 0 Å². The van der Waals surface area contributed by atoms with E-state index in [1.54, 1.807) is 4.90 Å². The van der Waals surface area contributed by atoms with Crippen LogP contribution in [0.25, 0.3) is 0 Å². The van der Waals surface area contributed by atoms with Crippen molar-refractivity contribution < 1.29 is 14.4 Å². The highest BCUT2D eigenvalue weighted by atomic mass is 16.2. The second kappa shape index (κ2) is 10.1. The molecule has 148 valence electrons. The Kier molecular flexibility index (Phi) is 7.82. The molecule has 3 amide bonds. The summed E-state index contributed by atoms with van der Waals surface area (Å²) in [6.45, 7) is 6.98. The van der Waals surface area contributed by atoms with Gasteiger partial charge in [-0.15, -0.1) is 0 Å². The number of carbonyl (C=O) groups is 3. The van der Waals surface area contributed by atoms with Crippen molar-refractivity contribution >= 4 is 23.4 Å². The Morgan fingerprint density at radius 3 is 2.44 bits per heavy atom. The van der Waals surface area contributed by atoms with Gasteiger partial charge in [-0.05, 0) is 30.5 Å².